The van der Waals surface area contributed by atoms with Gasteiger partial charge in [0.05, 0.1) is 35.8 Å². The highest BCUT2D eigenvalue weighted by Gasteiger charge is 2.30. The van der Waals surface area contributed by atoms with Gasteiger partial charge in [-0.1, -0.05) is 36.4 Å². The molecule has 15 nitrogen and oxygen atoms in total. The summed E-state index contributed by atoms with van der Waals surface area (Å²) in [4.78, 5) is 48.1. The lowest BCUT2D eigenvalue weighted by Gasteiger charge is -2.34. The van der Waals surface area contributed by atoms with Gasteiger partial charge in [0, 0.05) is 67.7 Å². The van der Waals surface area contributed by atoms with E-state index in [-0.39, 0.29) is 12.1 Å². The number of hydrogen-bond acceptors (Lipinski definition) is 13. The number of imidazole rings is 2. The van der Waals surface area contributed by atoms with Gasteiger partial charge in [-0.25, -0.2) is 39.9 Å². The first kappa shape index (κ1) is 33.1. The van der Waals surface area contributed by atoms with Crippen LogP contribution in [0.2, 0.25) is 0 Å². The third-order valence-corrected chi connectivity index (χ3v) is 11.0. The Morgan fingerprint density at radius 1 is 0.782 bits per heavy atom. The molecule has 10 rings (SSSR count). The minimum Gasteiger partial charge on any atom is -0.364 e. The first-order valence-electron chi connectivity index (χ1n) is 18.8. The van der Waals surface area contributed by atoms with Crippen molar-refractivity contribution in [2.24, 2.45) is 0 Å². The monoisotopic (exact) mass is 731 g/mol. The zero-order valence-electron chi connectivity index (χ0n) is 30.8. The van der Waals surface area contributed by atoms with E-state index in [1.54, 1.807) is 12.7 Å². The summed E-state index contributed by atoms with van der Waals surface area (Å²) in [5.74, 6) is 3.40. The summed E-state index contributed by atoms with van der Waals surface area (Å²) in [6.45, 7) is 8.22. The zero-order valence-corrected chi connectivity index (χ0v) is 30.8. The van der Waals surface area contributed by atoms with Crippen LogP contribution in [0, 0.1) is 0 Å². The number of hydrogen-bond donors (Lipinski definition) is 3. The number of rotatable bonds is 9. The van der Waals surface area contributed by atoms with Crippen LogP contribution < -0.4 is 20.4 Å². The number of pyridine rings is 2. The Balaban J connectivity index is 0.917. The molecule has 2 fully saturated rings. The van der Waals surface area contributed by atoms with Crippen LogP contribution >= 0.6 is 0 Å². The van der Waals surface area contributed by atoms with Crippen LogP contribution in [0.5, 0.6) is 0 Å². The van der Waals surface area contributed by atoms with E-state index in [4.69, 9.17) is 19.9 Å². The lowest BCUT2D eigenvalue weighted by Crippen LogP contribution is -2.45. The van der Waals surface area contributed by atoms with E-state index < -0.39 is 0 Å². The molecule has 3 N–H and O–H groups in total. The topological polar surface area (TPSA) is 158 Å². The molecule has 8 heterocycles. The highest BCUT2D eigenvalue weighted by Crippen LogP contribution is 2.36. The fourth-order valence-corrected chi connectivity index (χ4v) is 8.01. The van der Waals surface area contributed by atoms with Crippen molar-refractivity contribution in [2.75, 3.05) is 66.7 Å². The summed E-state index contributed by atoms with van der Waals surface area (Å²) in [6.07, 6.45) is 7.65. The Morgan fingerprint density at radius 3 is 2.36 bits per heavy atom. The summed E-state index contributed by atoms with van der Waals surface area (Å²) in [5.41, 5.74) is 7.17. The molecule has 276 valence electrons. The second kappa shape index (κ2) is 13.7. The van der Waals surface area contributed by atoms with Crippen LogP contribution in [-0.2, 0) is 6.54 Å². The standard InChI is InChI=1S/C40H41N15/c1-25(49-37-33-35(43-21-42-33)44-22-46-37)30-18-27-8-4-6-10-32(27)51-39(30)54-12-11-29(20-54)55-24-48-34-36(45-23-47-40(34)55)41-19-28-17-26-7-3-5-9-31(26)50-38(28)53-15-13-52(2)14-16-53/h3-10,17-18,21-25,29H,11-16,19-20H2,1-2H3,(H,41,45,47)(H2,42,43,44,46,49). The van der Waals surface area contributed by atoms with Crippen molar-refractivity contribution in [1.29, 1.82) is 0 Å². The van der Waals surface area contributed by atoms with E-state index in [2.05, 4.69) is 117 Å². The van der Waals surface area contributed by atoms with Gasteiger partial charge in [0.2, 0.25) is 0 Å². The molecule has 55 heavy (non-hydrogen) atoms. The third-order valence-electron chi connectivity index (χ3n) is 11.0. The number of benzene rings is 2. The van der Waals surface area contributed by atoms with E-state index in [0.29, 0.717) is 23.8 Å². The molecule has 0 radical (unpaired) electrons. The van der Waals surface area contributed by atoms with Crippen molar-refractivity contribution in [3.8, 4) is 0 Å². The van der Waals surface area contributed by atoms with E-state index in [1.807, 2.05) is 18.5 Å². The van der Waals surface area contributed by atoms with E-state index in [1.165, 1.54) is 6.33 Å². The zero-order chi connectivity index (χ0) is 36.9. The molecule has 0 amide bonds. The highest BCUT2D eigenvalue weighted by atomic mass is 15.3. The number of fused-ring (bicyclic) bond motifs is 4. The van der Waals surface area contributed by atoms with Crippen molar-refractivity contribution >= 4 is 67.4 Å². The summed E-state index contributed by atoms with van der Waals surface area (Å²) < 4.78 is 2.20. The van der Waals surface area contributed by atoms with Crippen LogP contribution in [0.25, 0.3) is 44.1 Å². The molecule has 2 aromatic carbocycles. The van der Waals surface area contributed by atoms with Gasteiger partial charge in [-0.3, -0.25) is 0 Å². The van der Waals surface area contributed by atoms with Gasteiger partial charge in [-0.05, 0) is 44.7 Å². The first-order valence-corrected chi connectivity index (χ1v) is 18.8. The van der Waals surface area contributed by atoms with Gasteiger partial charge in [0.15, 0.2) is 22.9 Å². The molecule has 0 bridgehead atoms. The van der Waals surface area contributed by atoms with Gasteiger partial charge in [0.1, 0.15) is 35.3 Å². The Bertz CT molecular complexity index is 2660. The number of aromatic amines is 1. The smallest absolute Gasteiger partial charge is 0.182 e. The second-order valence-electron chi connectivity index (χ2n) is 14.5. The number of H-pyrrole nitrogens is 1. The molecule has 8 aromatic rings. The van der Waals surface area contributed by atoms with Crippen molar-refractivity contribution in [2.45, 2.75) is 32.0 Å². The molecule has 0 saturated carbocycles. The molecule has 15 heteroatoms. The first-order chi connectivity index (χ1) is 27.1. The summed E-state index contributed by atoms with van der Waals surface area (Å²) >= 11 is 0. The predicted molar refractivity (Wildman–Crippen MR) is 215 cm³/mol. The number of aromatic nitrogens is 10. The minimum atomic E-state index is -0.0995. The van der Waals surface area contributed by atoms with Crippen LogP contribution in [-0.4, -0.2) is 101 Å². The molecule has 2 aliphatic rings. The Kier molecular flexibility index (Phi) is 8.27. The van der Waals surface area contributed by atoms with E-state index in [0.717, 1.165) is 107 Å². The molecule has 2 aliphatic heterocycles. The molecular formula is C40H41N15. The van der Waals surface area contributed by atoms with Gasteiger partial charge < -0.3 is 34.9 Å². The molecule has 2 atom stereocenters. The Morgan fingerprint density at radius 2 is 1.53 bits per heavy atom. The fraction of sp³-hybridized carbons (Fsp3) is 0.300. The number of likely N-dealkylation sites (N-methyl/N-ethyl adjacent to an activating group) is 1. The lowest BCUT2D eigenvalue weighted by atomic mass is 10.1. The van der Waals surface area contributed by atoms with Crippen molar-refractivity contribution < 1.29 is 0 Å². The summed E-state index contributed by atoms with van der Waals surface area (Å²) in [5, 5.41) is 9.43. The third kappa shape index (κ3) is 6.15. The summed E-state index contributed by atoms with van der Waals surface area (Å²) in [7, 11) is 2.17. The maximum atomic E-state index is 5.24. The maximum absolute atomic E-state index is 5.24. The number of nitrogens with zero attached hydrogens (tertiary/aromatic N) is 12. The normalized spacial score (nSPS) is 17.2. The van der Waals surface area contributed by atoms with Gasteiger partial charge in [0.25, 0.3) is 0 Å². The highest BCUT2D eigenvalue weighted by molar-refractivity contribution is 5.86. The molecule has 2 unspecified atom stereocenters. The number of para-hydroxylation sites is 2. The average Bonchev–Trinajstić information content (AvgIpc) is 4.00. The van der Waals surface area contributed by atoms with Crippen LogP contribution in [0.3, 0.4) is 0 Å². The fourth-order valence-electron chi connectivity index (χ4n) is 8.01. The van der Waals surface area contributed by atoms with Crippen molar-refractivity contribution in [3.63, 3.8) is 0 Å². The van der Waals surface area contributed by atoms with Crippen LogP contribution in [0.4, 0.5) is 23.3 Å². The average molecular weight is 732 g/mol. The predicted octanol–water partition coefficient (Wildman–Crippen LogP) is 5.58. The van der Waals surface area contributed by atoms with Crippen molar-refractivity contribution in [3.05, 3.63) is 97.1 Å². The van der Waals surface area contributed by atoms with Gasteiger partial charge in [-0.15, -0.1) is 0 Å². The molecule has 0 aliphatic carbocycles. The molecule has 0 spiro atoms. The minimum absolute atomic E-state index is 0.0995. The second-order valence-corrected chi connectivity index (χ2v) is 14.5. The SMILES string of the molecule is CC(Nc1ncnc2nc[nH]c12)c1cc2ccccc2nc1N1CCC(n2cnc3c(NCc4cc5ccccc5nc4N4CCN(C)CC4)ncnc32)C1. The molecule has 6 aromatic heterocycles. The van der Waals surface area contributed by atoms with Gasteiger partial charge >= 0.3 is 0 Å². The number of piperazine rings is 1. The molecular weight excluding hydrogens is 691 g/mol. The number of anilines is 4. The lowest BCUT2D eigenvalue weighted by molar-refractivity contribution is 0.312. The van der Waals surface area contributed by atoms with Crippen LogP contribution in [0.1, 0.15) is 36.6 Å². The summed E-state index contributed by atoms with van der Waals surface area (Å²) in [6, 6.07) is 21.1. The van der Waals surface area contributed by atoms with Crippen molar-refractivity contribution in [1.82, 2.24) is 54.3 Å². The Labute approximate surface area is 316 Å². The largest absolute Gasteiger partial charge is 0.364 e. The maximum Gasteiger partial charge on any atom is 0.182 e. The van der Waals surface area contributed by atoms with Gasteiger partial charge in [-0.2, -0.15) is 0 Å². The number of nitrogens with one attached hydrogen (secondary N) is 3. The quantitative estimate of drug-likeness (QED) is 0.169. The Hall–Kier alpha value is -6.48. The van der Waals surface area contributed by atoms with Crippen LogP contribution in [0.15, 0.2) is 86.0 Å². The molecule has 2 saturated heterocycles. The van der Waals surface area contributed by atoms with E-state index in [9.17, 15) is 0 Å². The van der Waals surface area contributed by atoms with E-state index >= 15 is 0 Å².